The molecule has 0 aromatic carbocycles. The van der Waals surface area contributed by atoms with E-state index in [1.807, 2.05) is 6.92 Å². The van der Waals surface area contributed by atoms with Crippen LogP contribution in [0.1, 0.15) is 53.4 Å². The Bertz CT molecular complexity index is 333. The van der Waals surface area contributed by atoms with Gasteiger partial charge in [0.05, 0.1) is 12.2 Å². The first-order valence-corrected chi connectivity index (χ1v) is 8.48. The van der Waals surface area contributed by atoms with Gasteiger partial charge in [-0.3, -0.25) is 4.90 Å². The van der Waals surface area contributed by atoms with Crippen LogP contribution in [0.3, 0.4) is 0 Å². The maximum atomic E-state index is 10.0. The van der Waals surface area contributed by atoms with Gasteiger partial charge < -0.3 is 15.3 Å². The van der Waals surface area contributed by atoms with Crippen molar-refractivity contribution in [2.45, 2.75) is 77.7 Å². The van der Waals surface area contributed by atoms with Gasteiger partial charge in [0.1, 0.15) is 6.10 Å². The van der Waals surface area contributed by atoms with E-state index < -0.39 is 18.3 Å². The Morgan fingerprint density at radius 1 is 0.952 bits per heavy atom. The van der Waals surface area contributed by atoms with E-state index in [-0.39, 0.29) is 6.04 Å². The highest BCUT2D eigenvalue weighted by Gasteiger charge is 2.40. The van der Waals surface area contributed by atoms with E-state index in [0.717, 1.165) is 12.5 Å². The summed E-state index contributed by atoms with van der Waals surface area (Å²) in [6, 6.07) is -0.0799. The van der Waals surface area contributed by atoms with Crippen molar-refractivity contribution in [3.8, 4) is 0 Å². The molecule has 4 nitrogen and oxygen atoms in total. The van der Waals surface area contributed by atoms with Gasteiger partial charge in [0.15, 0.2) is 0 Å². The summed E-state index contributed by atoms with van der Waals surface area (Å²) in [6.07, 6.45) is 2.35. The van der Waals surface area contributed by atoms with Gasteiger partial charge in [-0.15, -0.1) is 0 Å². The van der Waals surface area contributed by atoms with E-state index in [9.17, 15) is 15.3 Å². The zero-order valence-corrected chi connectivity index (χ0v) is 14.0. The van der Waals surface area contributed by atoms with E-state index in [1.54, 1.807) is 0 Å². The van der Waals surface area contributed by atoms with Crippen LogP contribution in [-0.4, -0.2) is 57.7 Å². The van der Waals surface area contributed by atoms with Gasteiger partial charge in [-0.1, -0.05) is 20.8 Å². The Labute approximate surface area is 129 Å². The van der Waals surface area contributed by atoms with Crippen molar-refractivity contribution in [2.24, 2.45) is 17.3 Å². The molecule has 1 aliphatic heterocycles. The van der Waals surface area contributed by atoms with E-state index in [1.165, 1.54) is 25.7 Å². The number of likely N-dealkylation sites (tertiary alicyclic amines) is 1. The van der Waals surface area contributed by atoms with Crippen molar-refractivity contribution in [1.29, 1.82) is 0 Å². The van der Waals surface area contributed by atoms with Crippen LogP contribution in [0, 0.1) is 17.3 Å². The fourth-order valence-electron chi connectivity index (χ4n) is 4.03. The van der Waals surface area contributed by atoms with E-state index in [4.69, 9.17) is 0 Å². The lowest BCUT2D eigenvalue weighted by atomic mass is 9.69. The van der Waals surface area contributed by atoms with Crippen LogP contribution in [0.4, 0.5) is 0 Å². The summed E-state index contributed by atoms with van der Waals surface area (Å²) in [5.74, 6) is 1.46. The number of rotatable bonds is 2. The van der Waals surface area contributed by atoms with Crippen molar-refractivity contribution in [2.75, 3.05) is 13.1 Å². The lowest BCUT2D eigenvalue weighted by Crippen LogP contribution is -2.60. The van der Waals surface area contributed by atoms with E-state index in [2.05, 4.69) is 25.7 Å². The topological polar surface area (TPSA) is 63.9 Å². The first kappa shape index (κ1) is 17.2. The van der Waals surface area contributed by atoms with Crippen LogP contribution in [0.2, 0.25) is 0 Å². The largest absolute Gasteiger partial charge is 0.389 e. The summed E-state index contributed by atoms with van der Waals surface area (Å²) >= 11 is 0. The second-order valence-electron chi connectivity index (χ2n) is 8.33. The molecule has 2 rings (SSSR count). The molecule has 2 fully saturated rings. The molecular weight excluding hydrogens is 266 g/mol. The first-order valence-electron chi connectivity index (χ1n) is 8.48. The molecule has 0 aromatic heterocycles. The Morgan fingerprint density at radius 2 is 1.52 bits per heavy atom. The summed E-state index contributed by atoms with van der Waals surface area (Å²) < 4.78 is 0. The fraction of sp³-hybridized carbons (Fsp3) is 1.00. The minimum Gasteiger partial charge on any atom is -0.389 e. The monoisotopic (exact) mass is 299 g/mol. The molecule has 4 heteroatoms. The zero-order valence-electron chi connectivity index (χ0n) is 14.0. The molecule has 3 N–H and O–H groups in total. The Kier molecular flexibility index (Phi) is 5.35. The van der Waals surface area contributed by atoms with Crippen molar-refractivity contribution < 1.29 is 15.3 Å². The highest BCUT2D eigenvalue weighted by Crippen LogP contribution is 2.40. The van der Waals surface area contributed by atoms with Gasteiger partial charge in [0.2, 0.25) is 0 Å². The number of nitrogens with zero attached hydrogens (tertiary/aromatic N) is 1. The lowest BCUT2D eigenvalue weighted by Gasteiger charge is -2.45. The summed E-state index contributed by atoms with van der Waals surface area (Å²) in [5.41, 5.74) is 0.403. The summed E-state index contributed by atoms with van der Waals surface area (Å²) in [5, 5.41) is 29.6. The zero-order chi connectivity index (χ0) is 15.8. The van der Waals surface area contributed by atoms with Gasteiger partial charge in [0.25, 0.3) is 0 Å². The van der Waals surface area contributed by atoms with Crippen LogP contribution in [0.5, 0.6) is 0 Å². The average Bonchev–Trinajstić information content (AvgIpc) is 2.42. The molecule has 1 saturated carbocycles. The molecule has 1 aliphatic carbocycles. The highest BCUT2D eigenvalue weighted by atomic mass is 16.4. The minimum atomic E-state index is -1.01. The molecule has 1 heterocycles. The number of hydrogen-bond donors (Lipinski definition) is 3. The third-order valence-corrected chi connectivity index (χ3v) is 5.80. The number of piperidine rings is 1. The first-order chi connectivity index (χ1) is 9.70. The molecule has 21 heavy (non-hydrogen) atoms. The second-order valence-corrected chi connectivity index (χ2v) is 8.33. The maximum absolute atomic E-state index is 10.0. The Balaban J connectivity index is 1.86. The van der Waals surface area contributed by atoms with Gasteiger partial charge >= 0.3 is 0 Å². The molecule has 0 radical (unpaired) electrons. The summed E-state index contributed by atoms with van der Waals surface area (Å²) in [4.78, 5) is 2.16. The molecule has 124 valence electrons. The minimum absolute atomic E-state index is 0.0799. The number of β-amino-alcohol motifs (C(OH)–C–C–N with tert-alkyl or cyclic N) is 1. The van der Waals surface area contributed by atoms with Gasteiger partial charge in [0, 0.05) is 19.1 Å². The van der Waals surface area contributed by atoms with E-state index >= 15 is 0 Å². The van der Waals surface area contributed by atoms with Gasteiger partial charge in [-0.05, 0) is 49.9 Å². The summed E-state index contributed by atoms with van der Waals surface area (Å²) in [6.45, 7) is 10.3. The van der Waals surface area contributed by atoms with Crippen molar-refractivity contribution in [3.63, 3.8) is 0 Å². The molecule has 0 aromatic rings. The van der Waals surface area contributed by atoms with Crippen molar-refractivity contribution >= 4 is 0 Å². The van der Waals surface area contributed by atoms with Crippen LogP contribution in [0.15, 0.2) is 0 Å². The molecule has 0 amide bonds. The second kappa shape index (κ2) is 6.53. The smallest absolute Gasteiger partial charge is 0.108 e. The van der Waals surface area contributed by atoms with E-state index in [0.29, 0.717) is 17.9 Å². The molecule has 0 spiro atoms. The fourth-order valence-corrected chi connectivity index (χ4v) is 4.03. The number of aliphatic hydroxyl groups is 3. The Morgan fingerprint density at radius 3 is 2.05 bits per heavy atom. The summed E-state index contributed by atoms with van der Waals surface area (Å²) in [7, 11) is 0. The quantitative estimate of drug-likeness (QED) is 0.725. The molecule has 0 bridgehead atoms. The molecule has 4 atom stereocenters. The Hall–Kier alpha value is -0.160. The molecule has 2 aliphatic rings. The molecule has 1 saturated heterocycles. The van der Waals surface area contributed by atoms with Crippen LogP contribution < -0.4 is 0 Å². The maximum Gasteiger partial charge on any atom is 0.108 e. The van der Waals surface area contributed by atoms with Crippen molar-refractivity contribution in [3.05, 3.63) is 0 Å². The lowest BCUT2D eigenvalue weighted by molar-refractivity contribution is -0.136. The molecule has 0 unspecified atom stereocenters. The highest BCUT2D eigenvalue weighted by molar-refractivity contribution is 4.93. The normalized spacial score (nSPS) is 43.0. The standard InChI is InChI=1S/C17H33NO3/c1-11-15(20)16(21)14(19)10-18(11)9-12-5-7-13(8-6-12)17(2,3)4/h11-16,19-21H,5-10H2,1-4H3/t11-,12?,13?,14+,15-,16-/m1/s1. The van der Waals surface area contributed by atoms with Crippen molar-refractivity contribution in [1.82, 2.24) is 4.90 Å². The van der Waals surface area contributed by atoms with Crippen LogP contribution in [-0.2, 0) is 0 Å². The van der Waals surface area contributed by atoms with Gasteiger partial charge in [-0.25, -0.2) is 0 Å². The van der Waals surface area contributed by atoms with Crippen LogP contribution in [0.25, 0.3) is 0 Å². The predicted octanol–water partition coefficient (Wildman–Crippen LogP) is 1.63. The SMILES string of the molecule is C[C@@H]1[C@@H](O)[C@H](O)[C@@H](O)CN1CC1CCC(C(C)(C)C)CC1. The predicted molar refractivity (Wildman–Crippen MR) is 84.0 cm³/mol. The number of hydrogen-bond acceptors (Lipinski definition) is 4. The number of aliphatic hydroxyl groups excluding tert-OH is 3. The van der Waals surface area contributed by atoms with Gasteiger partial charge in [-0.2, -0.15) is 0 Å². The third-order valence-electron chi connectivity index (χ3n) is 5.80. The van der Waals surface area contributed by atoms with Crippen LogP contribution >= 0.6 is 0 Å². The third kappa shape index (κ3) is 3.98. The molecular formula is C17H33NO3. The average molecular weight is 299 g/mol.